The number of hydrogen-bond donors (Lipinski definition) is 1. The van der Waals surface area contributed by atoms with Crippen LogP contribution in [0.2, 0.25) is 0 Å². The Morgan fingerprint density at radius 3 is 2.71 bits per heavy atom. The number of pyridine rings is 1. The molecule has 0 bridgehead atoms. The van der Waals surface area contributed by atoms with E-state index in [1.54, 1.807) is 6.92 Å². The van der Waals surface area contributed by atoms with Crippen molar-refractivity contribution >= 4 is 11.7 Å². The zero-order valence-corrected chi connectivity index (χ0v) is 9.04. The fraction of sp³-hybridized carbons (Fsp3) is 0.400. The van der Waals surface area contributed by atoms with Crippen molar-refractivity contribution in [3.05, 3.63) is 23.5 Å². The molecule has 0 atom stereocenters. The number of alkyl halides is 3. The minimum Gasteiger partial charge on any atom is -0.466 e. The maximum Gasteiger partial charge on any atom is 0.418 e. The number of nitrogen functional groups attached to an aromatic ring is 1. The van der Waals surface area contributed by atoms with E-state index in [2.05, 4.69) is 9.72 Å². The van der Waals surface area contributed by atoms with Crippen LogP contribution in [0.4, 0.5) is 18.9 Å². The summed E-state index contributed by atoms with van der Waals surface area (Å²) < 4.78 is 42.4. The van der Waals surface area contributed by atoms with Gasteiger partial charge in [0.15, 0.2) is 0 Å². The molecule has 1 aromatic heterocycles. The Morgan fingerprint density at radius 2 is 2.18 bits per heavy atom. The van der Waals surface area contributed by atoms with Crippen molar-refractivity contribution in [1.82, 2.24) is 4.98 Å². The van der Waals surface area contributed by atoms with Gasteiger partial charge in [-0.05, 0) is 13.0 Å². The largest absolute Gasteiger partial charge is 0.466 e. The van der Waals surface area contributed by atoms with Crippen molar-refractivity contribution in [2.75, 3.05) is 12.3 Å². The Bertz CT molecular complexity index is 419. The first-order valence-electron chi connectivity index (χ1n) is 4.81. The first kappa shape index (κ1) is 13.3. The van der Waals surface area contributed by atoms with E-state index < -0.39 is 24.1 Å². The van der Waals surface area contributed by atoms with Crippen molar-refractivity contribution in [1.29, 1.82) is 0 Å². The Morgan fingerprint density at radius 1 is 1.53 bits per heavy atom. The van der Waals surface area contributed by atoms with Crippen molar-refractivity contribution in [3.8, 4) is 0 Å². The molecule has 0 unspecified atom stereocenters. The van der Waals surface area contributed by atoms with Gasteiger partial charge in [0.05, 0.1) is 36.2 Å². The highest BCUT2D eigenvalue weighted by molar-refractivity contribution is 5.72. The van der Waals surface area contributed by atoms with Crippen LogP contribution in [0.5, 0.6) is 0 Å². The molecule has 0 spiro atoms. The smallest absolute Gasteiger partial charge is 0.418 e. The molecule has 0 fully saturated rings. The number of rotatable bonds is 3. The van der Waals surface area contributed by atoms with Gasteiger partial charge in [-0.25, -0.2) is 0 Å². The van der Waals surface area contributed by atoms with Crippen molar-refractivity contribution in [2.24, 2.45) is 0 Å². The standard InChI is InChI=1S/C10H11F3N2O2/c1-2-17-9(16)4-8-7(10(11,12)13)3-6(14)5-15-8/h3,5H,2,4,14H2,1H3. The van der Waals surface area contributed by atoms with E-state index in [0.29, 0.717) is 0 Å². The Hall–Kier alpha value is -1.79. The number of carbonyl (C=O) groups is 1. The number of anilines is 1. The highest BCUT2D eigenvalue weighted by Gasteiger charge is 2.34. The topological polar surface area (TPSA) is 65.2 Å². The average molecular weight is 248 g/mol. The highest BCUT2D eigenvalue weighted by atomic mass is 19.4. The van der Waals surface area contributed by atoms with E-state index in [-0.39, 0.29) is 18.0 Å². The summed E-state index contributed by atoms with van der Waals surface area (Å²) in [6.07, 6.45) is -4.04. The summed E-state index contributed by atoms with van der Waals surface area (Å²) >= 11 is 0. The number of esters is 1. The van der Waals surface area contributed by atoms with E-state index in [0.717, 1.165) is 12.3 Å². The van der Waals surface area contributed by atoms with Crippen molar-refractivity contribution < 1.29 is 22.7 Å². The zero-order chi connectivity index (χ0) is 13.1. The minimum atomic E-state index is -4.59. The Labute approximate surface area is 95.6 Å². The molecule has 0 aliphatic heterocycles. The molecule has 0 aliphatic rings. The Kier molecular flexibility index (Phi) is 3.93. The van der Waals surface area contributed by atoms with Crippen LogP contribution in [0.1, 0.15) is 18.2 Å². The number of aromatic nitrogens is 1. The number of nitrogens with zero attached hydrogens (tertiary/aromatic N) is 1. The molecule has 0 saturated heterocycles. The summed E-state index contributed by atoms with van der Waals surface area (Å²) in [5, 5.41) is 0. The summed E-state index contributed by atoms with van der Waals surface area (Å²) in [6, 6.07) is 0.752. The first-order valence-corrected chi connectivity index (χ1v) is 4.81. The van der Waals surface area contributed by atoms with Gasteiger partial charge in [-0.15, -0.1) is 0 Å². The molecule has 7 heteroatoms. The van der Waals surface area contributed by atoms with Gasteiger partial charge in [0.25, 0.3) is 0 Å². The minimum absolute atomic E-state index is 0.106. The normalized spacial score (nSPS) is 11.3. The van der Waals surface area contributed by atoms with E-state index in [1.807, 2.05) is 0 Å². The van der Waals surface area contributed by atoms with E-state index >= 15 is 0 Å². The van der Waals surface area contributed by atoms with Gasteiger partial charge in [0.2, 0.25) is 0 Å². The van der Waals surface area contributed by atoms with Crippen LogP contribution in [0.25, 0.3) is 0 Å². The monoisotopic (exact) mass is 248 g/mol. The average Bonchev–Trinajstić information content (AvgIpc) is 2.19. The van der Waals surface area contributed by atoms with Gasteiger partial charge < -0.3 is 10.5 Å². The molecule has 0 amide bonds. The Balaban J connectivity index is 3.03. The first-order chi connectivity index (χ1) is 7.84. The second kappa shape index (κ2) is 5.03. The summed E-state index contributed by atoms with van der Waals surface area (Å²) in [4.78, 5) is 14.6. The van der Waals surface area contributed by atoms with Crippen LogP contribution < -0.4 is 5.73 Å². The fourth-order valence-corrected chi connectivity index (χ4v) is 1.24. The van der Waals surface area contributed by atoms with Crippen LogP contribution in [0.15, 0.2) is 12.3 Å². The van der Waals surface area contributed by atoms with E-state index in [1.165, 1.54) is 0 Å². The van der Waals surface area contributed by atoms with Gasteiger partial charge in [0, 0.05) is 0 Å². The number of nitrogens with two attached hydrogens (primary N) is 1. The lowest BCUT2D eigenvalue weighted by molar-refractivity contribution is -0.143. The molecule has 1 heterocycles. The van der Waals surface area contributed by atoms with Crippen molar-refractivity contribution in [3.63, 3.8) is 0 Å². The SMILES string of the molecule is CCOC(=O)Cc1ncc(N)cc1C(F)(F)F. The molecule has 94 valence electrons. The fourth-order valence-electron chi connectivity index (χ4n) is 1.24. The second-order valence-electron chi connectivity index (χ2n) is 3.24. The summed E-state index contributed by atoms with van der Waals surface area (Å²) in [7, 11) is 0. The molecule has 17 heavy (non-hydrogen) atoms. The molecule has 4 nitrogen and oxygen atoms in total. The van der Waals surface area contributed by atoms with Crippen LogP contribution in [-0.2, 0) is 22.1 Å². The molecule has 0 saturated carbocycles. The molecular weight excluding hydrogens is 237 g/mol. The molecule has 2 N–H and O–H groups in total. The molecule has 1 rings (SSSR count). The van der Waals surface area contributed by atoms with Crippen LogP contribution in [-0.4, -0.2) is 17.6 Å². The third-order valence-electron chi connectivity index (χ3n) is 1.91. The summed E-state index contributed by atoms with van der Waals surface area (Å²) in [6.45, 7) is 1.67. The second-order valence-corrected chi connectivity index (χ2v) is 3.24. The lowest BCUT2D eigenvalue weighted by Gasteiger charge is -2.12. The lowest BCUT2D eigenvalue weighted by atomic mass is 10.1. The van der Waals surface area contributed by atoms with Crippen LogP contribution in [0, 0.1) is 0 Å². The molecule has 1 aromatic rings. The predicted octanol–water partition coefficient (Wildman–Crippen LogP) is 1.79. The summed E-state index contributed by atoms with van der Waals surface area (Å²) in [5.74, 6) is -0.754. The predicted molar refractivity (Wildman–Crippen MR) is 54.0 cm³/mol. The van der Waals surface area contributed by atoms with Crippen LogP contribution in [0.3, 0.4) is 0 Å². The number of halogens is 3. The number of ether oxygens (including phenoxy) is 1. The molecule has 0 radical (unpaired) electrons. The van der Waals surface area contributed by atoms with E-state index in [9.17, 15) is 18.0 Å². The van der Waals surface area contributed by atoms with Gasteiger partial charge >= 0.3 is 12.1 Å². The number of hydrogen-bond acceptors (Lipinski definition) is 4. The van der Waals surface area contributed by atoms with Crippen LogP contribution >= 0.6 is 0 Å². The molecule has 0 aliphatic carbocycles. The van der Waals surface area contributed by atoms with Gasteiger partial charge in [-0.3, -0.25) is 9.78 Å². The maximum atomic E-state index is 12.6. The third-order valence-corrected chi connectivity index (χ3v) is 1.91. The lowest BCUT2D eigenvalue weighted by Crippen LogP contribution is -2.16. The van der Waals surface area contributed by atoms with E-state index in [4.69, 9.17) is 5.73 Å². The highest BCUT2D eigenvalue weighted by Crippen LogP contribution is 2.32. The third kappa shape index (κ3) is 3.61. The van der Waals surface area contributed by atoms with Gasteiger partial charge in [0.1, 0.15) is 0 Å². The zero-order valence-electron chi connectivity index (χ0n) is 9.04. The van der Waals surface area contributed by atoms with Gasteiger partial charge in [-0.2, -0.15) is 13.2 Å². The summed E-state index contributed by atoms with van der Waals surface area (Å²) in [5.41, 5.74) is 3.74. The van der Waals surface area contributed by atoms with Gasteiger partial charge in [-0.1, -0.05) is 0 Å². The number of carbonyl (C=O) groups excluding carboxylic acids is 1. The molecular formula is C10H11F3N2O2. The molecule has 0 aromatic carbocycles. The van der Waals surface area contributed by atoms with Crippen molar-refractivity contribution in [2.45, 2.75) is 19.5 Å². The quantitative estimate of drug-likeness (QED) is 0.828. The maximum absolute atomic E-state index is 12.6.